The second kappa shape index (κ2) is 5.07. The van der Waals surface area contributed by atoms with Crippen LogP contribution in [-0.4, -0.2) is 35.2 Å². The molecule has 1 aliphatic rings. The fourth-order valence-corrected chi connectivity index (χ4v) is 2.49. The number of nitrogens with two attached hydrogens (primary N) is 1. The molecule has 0 spiro atoms. The second-order valence-corrected chi connectivity index (χ2v) is 5.31. The van der Waals surface area contributed by atoms with Crippen LogP contribution in [0.1, 0.15) is 19.4 Å². The molecule has 1 aromatic carbocycles. The molecule has 1 fully saturated rings. The van der Waals surface area contributed by atoms with E-state index >= 15 is 0 Å². The highest BCUT2D eigenvalue weighted by molar-refractivity contribution is 5.26. The second-order valence-electron chi connectivity index (χ2n) is 5.31. The SMILES string of the molecule is CC1CN(C(C)Cc2ccc(O)cc2)CC1N. The minimum absolute atomic E-state index is 0.317. The molecule has 3 N–H and O–H groups in total. The van der Waals surface area contributed by atoms with E-state index in [1.54, 1.807) is 12.1 Å². The van der Waals surface area contributed by atoms with E-state index in [0.717, 1.165) is 19.5 Å². The van der Waals surface area contributed by atoms with Crippen LogP contribution < -0.4 is 5.73 Å². The maximum absolute atomic E-state index is 9.24. The number of phenols is 1. The molecule has 94 valence electrons. The summed E-state index contributed by atoms with van der Waals surface area (Å²) >= 11 is 0. The lowest BCUT2D eigenvalue weighted by molar-refractivity contribution is 0.248. The fraction of sp³-hybridized carbons (Fsp3) is 0.571. The van der Waals surface area contributed by atoms with E-state index in [1.165, 1.54) is 5.56 Å². The normalized spacial score (nSPS) is 27.2. The Bertz CT molecular complexity index is 353. The molecule has 0 amide bonds. The summed E-state index contributed by atoms with van der Waals surface area (Å²) in [6, 6.07) is 8.31. The Hall–Kier alpha value is -1.06. The van der Waals surface area contributed by atoms with Crippen LogP contribution in [0.25, 0.3) is 0 Å². The van der Waals surface area contributed by atoms with Gasteiger partial charge >= 0.3 is 0 Å². The highest BCUT2D eigenvalue weighted by Crippen LogP contribution is 2.20. The van der Waals surface area contributed by atoms with Crippen molar-refractivity contribution in [1.82, 2.24) is 4.90 Å². The number of phenolic OH excluding ortho intramolecular Hbond substituents is 1. The van der Waals surface area contributed by atoms with Gasteiger partial charge in [0.25, 0.3) is 0 Å². The number of nitrogens with zero attached hydrogens (tertiary/aromatic N) is 1. The number of aromatic hydroxyl groups is 1. The summed E-state index contributed by atoms with van der Waals surface area (Å²) in [6.07, 6.45) is 1.01. The van der Waals surface area contributed by atoms with Gasteiger partial charge in [0.15, 0.2) is 0 Å². The number of hydrogen-bond donors (Lipinski definition) is 2. The van der Waals surface area contributed by atoms with E-state index in [2.05, 4.69) is 18.7 Å². The summed E-state index contributed by atoms with van der Waals surface area (Å²) in [4.78, 5) is 2.46. The van der Waals surface area contributed by atoms with Gasteiger partial charge in [0.2, 0.25) is 0 Å². The van der Waals surface area contributed by atoms with Crippen molar-refractivity contribution >= 4 is 0 Å². The molecular weight excluding hydrogens is 212 g/mol. The monoisotopic (exact) mass is 234 g/mol. The Labute approximate surface area is 103 Å². The van der Waals surface area contributed by atoms with Gasteiger partial charge in [0, 0.05) is 25.2 Å². The maximum Gasteiger partial charge on any atom is 0.115 e. The summed E-state index contributed by atoms with van der Waals surface area (Å²) in [7, 11) is 0. The van der Waals surface area contributed by atoms with E-state index in [0.29, 0.717) is 23.8 Å². The van der Waals surface area contributed by atoms with Crippen molar-refractivity contribution in [3.63, 3.8) is 0 Å². The van der Waals surface area contributed by atoms with Crippen LogP contribution in [0.2, 0.25) is 0 Å². The largest absolute Gasteiger partial charge is 0.508 e. The third kappa shape index (κ3) is 2.99. The van der Waals surface area contributed by atoms with Crippen LogP contribution >= 0.6 is 0 Å². The molecule has 1 heterocycles. The van der Waals surface area contributed by atoms with Crippen molar-refractivity contribution in [3.05, 3.63) is 29.8 Å². The van der Waals surface area contributed by atoms with Crippen molar-refractivity contribution in [1.29, 1.82) is 0 Å². The van der Waals surface area contributed by atoms with Crippen LogP contribution in [0, 0.1) is 5.92 Å². The molecule has 3 heteroatoms. The Morgan fingerprint density at radius 2 is 2.00 bits per heavy atom. The van der Waals surface area contributed by atoms with E-state index in [1.807, 2.05) is 12.1 Å². The van der Waals surface area contributed by atoms with Gasteiger partial charge in [-0.15, -0.1) is 0 Å². The summed E-state index contributed by atoms with van der Waals surface area (Å²) in [5.74, 6) is 0.926. The van der Waals surface area contributed by atoms with Gasteiger partial charge in [0.05, 0.1) is 0 Å². The van der Waals surface area contributed by atoms with E-state index in [9.17, 15) is 5.11 Å². The van der Waals surface area contributed by atoms with E-state index in [-0.39, 0.29) is 0 Å². The first-order chi connectivity index (χ1) is 8.06. The molecule has 0 bridgehead atoms. The minimum Gasteiger partial charge on any atom is -0.508 e. The zero-order valence-corrected chi connectivity index (χ0v) is 10.6. The predicted molar refractivity (Wildman–Crippen MR) is 70.0 cm³/mol. The third-order valence-electron chi connectivity index (χ3n) is 3.79. The molecule has 1 aliphatic heterocycles. The molecule has 0 radical (unpaired) electrons. The molecule has 0 aliphatic carbocycles. The molecule has 3 unspecified atom stereocenters. The van der Waals surface area contributed by atoms with E-state index in [4.69, 9.17) is 5.73 Å². The van der Waals surface area contributed by atoms with Crippen LogP contribution in [-0.2, 0) is 6.42 Å². The fourth-order valence-electron chi connectivity index (χ4n) is 2.49. The first-order valence-corrected chi connectivity index (χ1v) is 6.34. The zero-order valence-electron chi connectivity index (χ0n) is 10.6. The van der Waals surface area contributed by atoms with Gasteiger partial charge in [-0.25, -0.2) is 0 Å². The molecule has 0 aromatic heterocycles. The van der Waals surface area contributed by atoms with Crippen molar-refractivity contribution in [2.24, 2.45) is 11.7 Å². The zero-order chi connectivity index (χ0) is 12.4. The Morgan fingerprint density at radius 3 is 2.53 bits per heavy atom. The molecule has 1 saturated heterocycles. The lowest BCUT2D eigenvalue weighted by Crippen LogP contribution is -2.35. The summed E-state index contributed by atoms with van der Waals surface area (Å²) < 4.78 is 0. The average molecular weight is 234 g/mol. The Morgan fingerprint density at radius 1 is 1.35 bits per heavy atom. The molecule has 3 nitrogen and oxygen atoms in total. The topological polar surface area (TPSA) is 49.5 Å². The highest BCUT2D eigenvalue weighted by atomic mass is 16.3. The number of hydrogen-bond acceptors (Lipinski definition) is 3. The summed E-state index contributed by atoms with van der Waals surface area (Å²) in [5, 5.41) is 9.24. The number of benzene rings is 1. The molecular formula is C14H22N2O. The number of likely N-dealkylation sites (tertiary alicyclic amines) is 1. The van der Waals surface area contributed by atoms with Crippen LogP contribution in [0.15, 0.2) is 24.3 Å². The van der Waals surface area contributed by atoms with Gasteiger partial charge < -0.3 is 10.8 Å². The summed E-state index contributed by atoms with van der Waals surface area (Å²) in [5.41, 5.74) is 7.31. The minimum atomic E-state index is 0.317. The molecule has 2 rings (SSSR count). The standard InChI is InChI=1S/C14H22N2O/c1-10-8-16(9-14(10)15)11(2)7-12-3-5-13(17)6-4-12/h3-6,10-11,14,17H,7-9,15H2,1-2H3. The van der Waals surface area contributed by atoms with Crippen molar-refractivity contribution in [2.45, 2.75) is 32.4 Å². The van der Waals surface area contributed by atoms with Crippen LogP contribution in [0.4, 0.5) is 0 Å². The maximum atomic E-state index is 9.24. The van der Waals surface area contributed by atoms with Gasteiger partial charge in [-0.3, -0.25) is 4.90 Å². The quantitative estimate of drug-likeness (QED) is 0.835. The molecule has 3 atom stereocenters. The van der Waals surface area contributed by atoms with Gasteiger partial charge in [0.1, 0.15) is 5.75 Å². The first kappa shape index (κ1) is 12.4. The van der Waals surface area contributed by atoms with Gasteiger partial charge in [-0.1, -0.05) is 19.1 Å². The molecule has 17 heavy (non-hydrogen) atoms. The lowest BCUT2D eigenvalue weighted by atomic mass is 10.1. The van der Waals surface area contributed by atoms with Crippen molar-refractivity contribution in [2.75, 3.05) is 13.1 Å². The first-order valence-electron chi connectivity index (χ1n) is 6.34. The summed E-state index contributed by atoms with van der Waals surface area (Å²) in [6.45, 7) is 6.57. The van der Waals surface area contributed by atoms with Crippen LogP contribution in [0.3, 0.4) is 0 Å². The van der Waals surface area contributed by atoms with Gasteiger partial charge in [-0.05, 0) is 37.0 Å². The predicted octanol–water partition coefficient (Wildman–Crippen LogP) is 1.60. The molecule has 0 saturated carbocycles. The Balaban J connectivity index is 1.93. The lowest BCUT2D eigenvalue weighted by Gasteiger charge is -2.24. The van der Waals surface area contributed by atoms with Crippen LogP contribution in [0.5, 0.6) is 5.75 Å². The van der Waals surface area contributed by atoms with Crippen molar-refractivity contribution < 1.29 is 5.11 Å². The average Bonchev–Trinajstić information content (AvgIpc) is 2.63. The smallest absolute Gasteiger partial charge is 0.115 e. The van der Waals surface area contributed by atoms with Crippen molar-refractivity contribution in [3.8, 4) is 5.75 Å². The van der Waals surface area contributed by atoms with Gasteiger partial charge in [-0.2, -0.15) is 0 Å². The third-order valence-corrected chi connectivity index (χ3v) is 3.79. The highest BCUT2D eigenvalue weighted by Gasteiger charge is 2.29. The Kier molecular flexibility index (Phi) is 3.69. The molecule has 1 aromatic rings. The van der Waals surface area contributed by atoms with E-state index < -0.39 is 0 Å². The number of rotatable bonds is 3.